The average molecular weight is 417 g/mol. The van der Waals surface area contributed by atoms with Crippen molar-refractivity contribution in [2.75, 3.05) is 50.6 Å². The Kier molecular flexibility index (Phi) is 5.39. The van der Waals surface area contributed by atoms with Gasteiger partial charge in [0.25, 0.3) is 5.91 Å². The Balaban J connectivity index is 1.55. The number of thiazole rings is 1. The molecule has 0 aliphatic carbocycles. The summed E-state index contributed by atoms with van der Waals surface area (Å²) in [7, 11) is 3.67. The molecule has 0 saturated carbocycles. The second-order valence-corrected chi connectivity index (χ2v) is 8.21. The van der Waals surface area contributed by atoms with Crippen molar-refractivity contribution in [1.82, 2.24) is 9.88 Å². The van der Waals surface area contributed by atoms with Gasteiger partial charge in [0.2, 0.25) is 0 Å². The molecule has 1 aromatic heterocycles. The number of amides is 1. The van der Waals surface area contributed by atoms with Gasteiger partial charge in [-0.05, 0) is 43.4 Å². The maximum Gasteiger partial charge on any atom is 0.259 e. The molecule has 1 N–H and O–H groups in total. The van der Waals surface area contributed by atoms with Gasteiger partial charge in [-0.3, -0.25) is 4.79 Å². The zero-order valence-corrected chi connectivity index (χ0v) is 17.3. The molecule has 1 saturated heterocycles. The first-order chi connectivity index (χ1) is 13.5. The molecule has 3 aromatic rings. The number of carbonyl (C=O) groups excluding carboxylic acids is 1. The molecule has 1 amide bonds. The normalized spacial score (nSPS) is 15.0. The minimum absolute atomic E-state index is 0.262. The first kappa shape index (κ1) is 19.0. The molecule has 146 valence electrons. The van der Waals surface area contributed by atoms with Crippen molar-refractivity contribution in [2.24, 2.45) is 0 Å². The molecule has 1 aliphatic heterocycles. The third-order valence-corrected chi connectivity index (χ3v) is 6.13. The highest BCUT2D eigenvalue weighted by molar-refractivity contribution is 7.22. The van der Waals surface area contributed by atoms with Crippen LogP contribution in [0.2, 0.25) is 5.02 Å². The number of methoxy groups -OCH3 is 1. The fourth-order valence-electron chi connectivity index (χ4n) is 3.18. The molecular weight excluding hydrogens is 396 g/mol. The van der Waals surface area contributed by atoms with Crippen LogP contribution < -0.4 is 15.0 Å². The Labute approximate surface area is 172 Å². The maximum atomic E-state index is 12.7. The van der Waals surface area contributed by atoms with Crippen LogP contribution in [0.25, 0.3) is 10.2 Å². The zero-order valence-electron chi connectivity index (χ0n) is 15.7. The van der Waals surface area contributed by atoms with Gasteiger partial charge in [-0.1, -0.05) is 22.9 Å². The van der Waals surface area contributed by atoms with Crippen molar-refractivity contribution in [3.05, 3.63) is 47.0 Å². The van der Waals surface area contributed by atoms with E-state index in [1.54, 1.807) is 29.5 Å². The van der Waals surface area contributed by atoms with Gasteiger partial charge in [-0.25, -0.2) is 4.98 Å². The van der Waals surface area contributed by atoms with Gasteiger partial charge in [-0.2, -0.15) is 0 Å². The van der Waals surface area contributed by atoms with Crippen LogP contribution in [-0.4, -0.2) is 56.1 Å². The topological polar surface area (TPSA) is 57.7 Å². The molecule has 4 rings (SSSR count). The van der Waals surface area contributed by atoms with Gasteiger partial charge < -0.3 is 19.9 Å². The summed E-state index contributed by atoms with van der Waals surface area (Å²) in [4.78, 5) is 22.1. The van der Waals surface area contributed by atoms with E-state index in [0.717, 1.165) is 41.5 Å². The van der Waals surface area contributed by atoms with E-state index in [4.69, 9.17) is 21.3 Å². The van der Waals surface area contributed by atoms with Gasteiger partial charge in [0.15, 0.2) is 5.13 Å². The summed E-state index contributed by atoms with van der Waals surface area (Å²) >= 11 is 7.69. The lowest BCUT2D eigenvalue weighted by atomic mass is 10.2. The number of nitrogens with one attached hydrogen (secondary N) is 1. The first-order valence-electron chi connectivity index (χ1n) is 9.02. The molecule has 0 unspecified atom stereocenters. The second-order valence-electron chi connectivity index (χ2n) is 6.77. The molecule has 0 spiro atoms. The van der Waals surface area contributed by atoms with E-state index in [0.29, 0.717) is 22.0 Å². The van der Waals surface area contributed by atoms with Crippen LogP contribution >= 0.6 is 22.9 Å². The number of rotatable bonds is 4. The van der Waals surface area contributed by atoms with Crippen molar-refractivity contribution < 1.29 is 9.53 Å². The number of halogens is 1. The minimum atomic E-state index is -0.262. The van der Waals surface area contributed by atoms with Crippen molar-refractivity contribution >= 4 is 49.9 Å². The standard InChI is InChI=1S/C20H21ClN4O2S/c1-24-7-9-25(10-8-24)20-23-16-5-4-14(12-18(16)28-20)22-19(26)15-11-13(21)3-6-17(15)27-2/h3-6,11-12H,7-10H2,1-2H3,(H,22,26). The van der Waals surface area contributed by atoms with E-state index >= 15 is 0 Å². The number of carbonyl (C=O) groups is 1. The van der Waals surface area contributed by atoms with Crippen molar-refractivity contribution in [1.29, 1.82) is 0 Å². The summed E-state index contributed by atoms with van der Waals surface area (Å²) in [5.74, 6) is 0.223. The highest BCUT2D eigenvalue weighted by Gasteiger charge is 2.18. The van der Waals surface area contributed by atoms with E-state index < -0.39 is 0 Å². The Bertz CT molecular complexity index is 1010. The number of aromatic nitrogens is 1. The number of hydrogen-bond acceptors (Lipinski definition) is 6. The number of benzene rings is 2. The van der Waals surface area contributed by atoms with E-state index in [1.165, 1.54) is 7.11 Å². The van der Waals surface area contributed by atoms with Crippen LogP contribution in [0.1, 0.15) is 10.4 Å². The van der Waals surface area contributed by atoms with Gasteiger partial charge in [0.1, 0.15) is 5.75 Å². The Morgan fingerprint density at radius 2 is 1.96 bits per heavy atom. The maximum absolute atomic E-state index is 12.7. The van der Waals surface area contributed by atoms with Crippen LogP contribution in [-0.2, 0) is 0 Å². The molecule has 0 bridgehead atoms. The SMILES string of the molecule is COc1ccc(Cl)cc1C(=O)Nc1ccc2nc(N3CCN(C)CC3)sc2c1. The summed E-state index contributed by atoms with van der Waals surface area (Å²) in [6.07, 6.45) is 0. The lowest BCUT2D eigenvalue weighted by molar-refractivity contribution is 0.102. The van der Waals surface area contributed by atoms with E-state index in [2.05, 4.69) is 22.2 Å². The van der Waals surface area contributed by atoms with E-state index in [1.807, 2.05) is 18.2 Å². The Morgan fingerprint density at radius 1 is 1.18 bits per heavy atom. The summed E-state index contributed by atoms with van der Waals surface area (Å²) in [6, 6.07) is 10.8. The molecule has 2 heterocycles. The Morgan fingerprint density at radius 3 is 2.71 bits per heavy atom. The predicted molar refractivity (Wildman–Crippen MR) is 115 cm³/mol. The molecule has 28 heavy (non-hydrogen) atoms. The number of nitrogens with zero attached hydrogens (tertiary/aromatic N) is 3. The van der Waals surface area contributed by atoms with Crippen LogP contribution in [0.15, 0.2) is 36.4 Å². The van der Waals surface area contributed by atoms with Crippen LogP contribution in [0.5, 0.6) is 5.75 Å². The summed E-state index contributed by atoms with van der Waals surface area (Å²) in [5.41, 5.74) is 2.06. The van der Waals surface area contributed by atoms with Crippen LogP contribution in [0, 0.1) is 0 Å². The highest BCUT2D eigenvalue weighted by Crippen LogP contribution is 2.32. The highest BCUT2D eigenvalue weighted by atomic mass is 35.5. The molecule has 6 nitrogen and oxygen atoms in total. The number of hydrogen-bond donors (Lipinski definition) is 1. The third-order valence-electron chi connectivity index (χ3n) is 4.81. The summed E-state index contributed by atoms with van der Waals surface area (Å²) in [6.45, 7) is 4.04. The number of ether oxygens (including phenoxy) is 1. The van der Waals surface area contributed by atoms with E-state index in [9.17, 15) is 4.79 Å². The quantitative estimate of drug-likeness (QED) is 0.697. The number of likely N-dealkylation sites (N-methyl/N-ethyl adjacent to an activating group) is 1. The van der Waals surface area contributed by atoms with E-state index in [-0.39, 0.29) is 5.91 Å². The summed E-state index contributed by atoms with van der Waals surface area (Å²) in [5, 5.41) is 4.45. The number of anilines is 2. The van der Waals surface area contributed by atoms with Gasteiger partial charge in [0.05, 0.1) is 22.9 Å². The molecular formula is C20H21ClN4O2S. The fourth-order valence-corrected chi connectivity index (χ4v) is 4.41. The lowest BCUT2D eigenvalue weighted by Gasteiger charge is -2.31. The second kappa shape index (κ2) is 7.95. The van der Waals surface area contributed by atoms with Crippen LogP contribution in [0.3, 0.4) is 0 Å². The third kappa shape index (κ3) is 3.92. The molecule has 1 fully saturated rings. The van der Waals surface area contributed by atoms with Gasteiger partial charge >= 0.3 is 0 Å². The zero-order chi connectivity index (χ0) is 19.7. The monoisotopic (exact) mass is 416 g/mol. The van der Waals surface area contributed by atoms with Gasteiger partial charge in [-0.15, -0.1) is 0 Å². The Hall–Kier alpha value is -2.35. The van der Waals surface area contributed by atoms with Crippen molar-refractivity contribution in [2.45, 2.75) is 0 Å². The molecule has 0 atom stereocenters. The number of piperazine rings is 1. The van der Waals surface area contributed by atoms with Gasteiger partial charge in [0, 0.05) is 36.9 Å². The van der Waals surface area contributed by atoms with Crippen molar-refractivity contribution in [3.63, 3.8) is 0 Å². The predicted octanol–water partition coefficient (Wildman–Crippen LogP) is 3.96. The molecule has 8 heteroatoms. The summed E-state index contributed by atoms with van der Waals surface area (Å²) < 4.78 is 6.32. The van der Waals surface area contributed by atoms with Crippen molar-refractivity contribution in [3.8, 4) is 5.75 Å². The van der Waals surface area contributed by atoms with Crippen LogP contribution in [0.4, 0.5) is 10.8 Å². The average Bonchev–Trinajstić information content (AvgIpc) is 3.11. The first-order valence-corrected chi connectivity index (χ1v) is 10.2. The minimum Gasteiger partial charge on any atom is -0.496 e. The smallest absolute Gasteiger partial charge is 0.259 e. The fraction of sp³-hybridized carbons (Fsp3) is 0.300. The number of fused-ring (bicyclic) bond motifs is 1. The molecule has 0 radical (unpaired) electrons. The largest absolute Gasteiger partial charge is 0.496 e. The molecule has 1 aliphatic rings. The molecule has 2 aromatic carbocycles. The lowest BCUT2D eigenvalue weighted by Crippen LogP contribution is -2.44.